The number of ether oxygens (including phenoxy) is 1. The minimum Gasteiger partial charge on any atom is -0.500 e. The van der Waals surface area contributed by atoms with E-state index in [1.165, 1.54) is 13.2 Å². The first-order chi connectivity index (χ1) is 9.82. The first kappa shape index (κ1) is 15.2. The quantitative estimate of drug-likeness (QED) is 0.926. The highest BCUT2D eigenvalue weighted by molar-refractivity contribution is 5.85. The molecule has 0 saturated heterocycles. The largest absolute Gasteiger partial charge is 0.500 e. The van der Waals surface area contributed by atoms with Crippen molar-refractivity contribution >= 4 is 11.5 Å². The molecule has 0 saturated carbocycles. The fourth-order valence-electron chi connectivity index (χ4n) is 2.25. The summed E-state index contributed by atoms with van der Waals surface area (Å²) in [6.07, 6.45) is -3.80. The summed E-state index contributed by atoms with van der Waals surface area (Å²) >= 11 is 0. The third-order valence-corrected chi connectivity index (χ3v) is 3.49. The molecule has 2 rings (SSSR count). The van der Waals surface area contributed by atoms with E-state index in [9.17, 15) is 18.0 Å². The van der Waals surface area contributed by atoms with Gasteiger partial charge in [-0.3, -0.25) is 4.79 Å². The summed E-state index contributed by atoms with van der Waals surface area (Å²) in [6, 6.07) is 8.71. The van der Waals surface area contributed by atoms with E-state index in [-0.39, 0.29) is 5.76 Å². The van der Waals surface area contributed by atoms with Gasteiger partial charge in [-0.15, -0.1) is 0 Å². The molecule has 0 heterocycles. The number of carbonyl (C=O) groups is 1. The first-order valence-electron chi connectivity index (χ1n) is 6.14. The Bertz CT molecular complexity index is 602. The number of hydrogen-bond acceptors (Lipinski definition) is 2. The van der Waals surface area contributed by atoms with Crippen molar-refractivity contribution in [1.29, 1.82) is 0 Å². The van der Waals surface area contributed by atoms with E-state index in [4.69, 9.17) is 9.84 Å². The molecule has 1 N–H and O–H groups in total. The lowest BCUT2D eigenvalue weighted by Gasteiger charge is -2.32. The minimum absolute atomic E-state index is 0.00317. The molecule has 6 heteroatoms. The SMILES string of the molecule is COC1=C(c2ccccc2)C=CC(C(=O)O)(C(F)(F)F)C1. The Morgan fingerprint density at radius 1 is 1.29 bits per heavy atom. The number of hydrogen-bond donors (Lipinski definition) is 1. The van der Waals surface area contributed by atoms with Crippen molar-refractivity contribution in [2.75, 3.05) is 7.11 Å². The van der Waals surface area contributed by atoms with E-state index in [1.54, 1.807) is 30.3 Å². The number of allylic oxidation sites excluding steroid dienone is 3. The summed E-state index contributed by atoms with van der Waals surface area (Å²) in [4.78, 5) is 11.2. The standard InChI is InChI=1S/C15H13F3O3/c1-21-12-9-14(13(19)20,15(16,17)18)8-7-11(12)10-5-3-2-4-6-10/h2-8H,9H2,1H3,(H,19,20). The lowest BCUT2D eigenvalue weighted by Crippen LogP contribution is -2.45. The molecule has 1 aromatic rings. The molecule has 0 bridgehead atoms. The number of carboxylic acid groups (broad SMARTS) is 1. The molecule has 0 amide bonds. The molecule has 0 fully saturated rings. The van der Waals surface area contributed by atoms with Gasteiger partial charge in [-0.1, -0.05) is 42.5 Å². The van der Waals surface area contributed by atoms with Crippen LogP contribution in [0, 0.1) is 5.41 Å². The van der Waals surface area contributed by atoms with Crippen LogP contribution in [0.25, 0.3) is 5.57 Å². The molecule has 21 heavy (non-hydrogen) atoms. The van der Waals surface area contributed by atoms with Crippen LogP contribution in [0.4, 0.5) is 13.2 Å². The third-order valence-electron chi connectivity index (χ3n) is 3.49. The van der Waals surface area contributed by atoms with Gasteiger partial charge < -0.3 is 9.84 Å². The average molecular weight is 298 g/mol. The van der Waals surface area contributed by atoms with Crippen LogP contribution in [0.15, 0.2) is 48.2 Å². The zero-order valence-electron chi connectivity index (χ0n) is 11.1. The van der Waals surface area contributed by atoms with Gasteiger partial charge in [0.1, 0.15) is 5.76 Å². The molecule has 1 atom stereocenters. The summed E-state index contributed by atoms with van der Waals surface area (Å²) < 4.78 is 44.6. The highest BCUT2D eigenvalue weighted by Gasteiger charge is 2.60. The zero-order valence-corrected chi connectivity index (χ0v) is 11.1. The van der Waals surface area contributed by atoms with Crippen molar-refractivity contribution in [1.82, 2.24) is 0 Å². The molecular weight excluding hydrogens is 285 g/mol. The predicted octanol–water partition coefficient (Wildman–Crippen LogP) is 3.64. The van der Waals surface area contributed by atoms with E-state index in [1.807, 2.05) is 0 Å². The predicted molar refractivity (Wildman–Crippen MR) is 70.3 cm³/mol. The second-order valence-electron chi connectivity index (χ2n) is 4.69. The number of halogens is 3. The first-order valence-corrected chi connectivity index (χ1v) is 6.14. The van der Waals surface area contributed by atoms with Crippen LogP contribution in [0.5, 0.6) is 0 Å². The number of rotatable bonds is 3. The van der Waals surface area contributed by atoms with Crippen LogP contribution >= 0.6 is 0 Å². The number of methoxy groups -OCH3 is 1. The average Bonchev–Trinajstić information content (AvgIpc) is 2.46. The maximum atomic E-state index is 13.2. The van der Waals surface area contributed by atoms with Crippen LogP contribution in [-0.4, -0.2) is 24.4 Å². The van der Waals surface area contributed by atoms with Crippen molar-refractivity contribution in [3.05, 3.63) is 53.8 Å². The summed E-state index contributed by atoms with van der Waals surface area (Å²) in [5, 5.41) is 9.05. The smallest absolute Gasteiger partial charge is 0.408 e. The lowest BCUT2D eigenvalue weighted by molar-refractivity contribution is -0.218. The highest BCUT2D eigenvalue weighted by Crippen LogP contribution is 2.48. The summed E-state index contributed by atoms with van der Waals surface area (Å²) in [6.45, 7) is 0. The highest BCUT2D eigenvalue weighted by atomic mass is 19.4. The Morgan fingerprint density at radius 2 is 1.90 bits per heavy atom. The molecule has 0 spiro atoms. The molecule has 1 aliphatic carbocycles. The van der Waals surface area contributed by atoms with Gasteiger partial charge in [0.25, 0.3) is 0 Å². The van der Waals surface area contributed by atoms with E-state index in [2.05, 4.69) is 0 Å². The number of benzene rings is 1. The molecule has 3 nitrogen and oxygen atoms in total. The van der Waals surface area contributed by atoms with Gasteiger partial charge in [0.2, 0.25) is 0 Å². The molecule has 1 aliphatic rings. The van der Waals surface area contributed by atoms with Gasteiger partial charge in [0.05, 0.1) is 7.11 Å². The molecule has 1 aromatic carbocycles. The topological polar surface area (TPSA) is 46.5 Å². The Morgan fingerprint density at radius 3 is 2.38 bits per heavy atom. The molecule has 0 aliphatic heterocycles. The molecule has 0 aromatic heterocycles. The van der Waals surface area contributed by atoms with Crippen molar-refractivity contribution in [2.24, 2.45) is 5.41 Å². The molecule has 1 unspecified atom stereocenters. The normalized spacial score (nSPS) is 22.3. The molecule has 112 valence electrons. The van der Waals surface area contributed by atoms with Crippen LogP contribution in [0.3, 0.4) is 0 Å². The van der Waals surface area contributed by atoms with Crippen LogP contribution in [0.1, 0.15) is 12.0 Å². The third kappa shape index (κ3) is 2.53. The van der Waals surface area contributed by atoms with Crippen molar-refractivity contribution < 1.29 is 27.8 Å². The molecular formula is C15H13F3O3. The van der Waals surface area contributed by atoms with Crippen molar-refractivity contribution in [3.63, 3.8) is 0 Å². The van der Waals surface area contributed by atoms with Gasteiger partial charge in [-0.05, 0) is 5.56 Å². The van der Waals surface area contributed by atoms with Crippen LogP contribution in [0.2, 0.25) is 0 Å². The second-order valence-corrected chi connectivity index (χ2v) is 4.69. The van der Waals surface area contributed by atoms with Crippen molar-refractivity contribution in [3.8, 4) is 0 Å². The lowest BCUT2D eigenvalue weighted by atomic mass is 9.77. The number of carboxylic acids is 1. The van der Waals surface area contributed by atoms with Crippen LogP contribution < -0.4 is 0 Å². The van der Waals surface area contributed by atoms with Gasteiger partial charge >= 0.3 is 12.1 Å². The number of aliphatic carboxylic acids is 1. The maximum absolute atomic E-state index is 13.2. The maximum Gasteiger partial charge on any atom is 0.408 e. The fraction of sp³-hybridized carbons (Fsp3) is 0.267. The van der Waals surface area contributed by atoms with E-state index in [0.717, 1.165) is 0 Å². The monoisotopic (exact) mass is 298 g/mol. The van der Waals surface area contributed by atoms with E-state index in [0.29, 0.717) is 17.2 Å². The minimum atomic E-state index is -4.90. The zero-order chi connectivity index (χ0) is 15.7. The van der Waals surface area contributed by atoms with Gasteiger partial charge in [-0.2, -0.15) is 13.2 Å². The Kier molecular flexibility index (Phi) is 3.80. The Balaban J connectivity index is 2.51. The summed E-state index contributed by atoms with van der Waals surface area (Å²) in [5.74, 6) is -1.93. The van der Waals surface area contributed by atoms with Gasteiger partial charge in [-0.25, -0.2) is 0 Å². The van der Waals surface area contributed by atoms with Crippen LogP contribution in [-0.2, 0) is 9.53 Å². The second kappa shape index (κ2) is 5.27. The Labute approximate surface area is 119 Å². The fourth-order valence-corrected chi connectivity index (χ4v) is 2.25. The van der Waals surface area contributed by atoms with Gasteiger partial charge in [0.15, 0.2) is 5.41 Å². The van der Waals surface area contributed by atoms with E-state index >= 15 is 0 Å². The van der Waals surface area contributed by atoms with Crippen molar-refractivity contribution in [2.45, 2.75) is 12.6 Å². The number of alkyl halides is 3. The van der Waals surface area contributed by atoms with Gasteiger partial charge in [0, 0.05) is 12.0 Å². The van der Waals surface area contributed by atoms with E-state index < -0.39 is 24.0 Å². The summed E-state index contributed by atoms with van der Waals surface area (Å²) in [7, 11) is 1.24. The Hall–Kier alpha value is -2.24. The summed E-state index contributed by atoms with van der Waals surface area (Å²) in [5.41, 5.74) is -1.82. The molecule has 0 radical (unpaired) electrons.